The first kappa shape index (κ1) is 14.2. The number of hydrogen-bond donors (Lipinski definition) is 1. The molecule has 21 heavy (non-hydrogen) atoms. The molecule has 6 nitrogen and oxygen atoms in total. The van der Waals surface area contributed by atoms with Gasteiger partial charge in [-0.2, -0.15) is 0 Å². The summed E-state index contributed by atoms with van der Waals surface area (Å²) < 4.78 is 23.4. The Morgan fingerprint density at radius 1 is 1.19 bits per heavy atom. The maximum Gasteiger partial charge on any atom is 0.180 e. The zero-order valence-electron chi connectivity index (χ0n) is 11.9. The molecule has 1 N–H and O–H groups in total. The van der Waals surface area contributed by atoms with Crippen molar-refractivity contribution in [3.05, 3.63) is 24.5 Å². The topological polar surface area (TPSA) is 84.8 Å². The number of nitrogens with zero attached hydrogens (tertiary/aromatic N) is 3. The van der Waals surface area contributed by atoms with Crippen LogP contribution in [0, 0.1) is 0 Å². The molecule has 3 rings (SSSR count). The number of pyridine rings is 1. The molecule has 0 spiro atoms. The van der Waals surface area contributed by atoms with Crippen molar-refractivity contribution < 1.29 is 8.42 Å². The lowest BCUT2D eigenvalue weighted by Crippen LogP contribution is -2.34. The smallest absolute Gasteiger partial charge is 0.180 e. The minimum absolute atomic E-state index is 0.139. The van der Waals surface area contributed by atoms with E-state index in [0.717, 1.165) is 30.6 Å². The summed E-state index contributed by atoms with van der Waals surface area (Å²) >= 11 is 0. The van der Waals surface area contributed by atoms with E-state index in [-0.39, 0.29) is 11.3 Å². The standard InChI is InChI=1S/C14H18N4O2S/c1-21(19,20)11-4-2-3-10(9-11)17-13-6-5-12-14(18-13)16-8-7-15-12/h5-8,10-11H,2-4,9H2,1H3,(H,16,17,18). The molecule has 0 aliphatic heterocycles. The normalized spacial score (nSPS) is 23.1. The molecule has 1 fully saturated rings. The fourth-order valence-electron chi connectivity index (χ4n) is 2.81. The van der Waals surface area contributed by atoms with Crippen molar-refractivity contribution in [1.82, 2.24) is 15.0 Å². The molecule has 0 amide bonds. The van der Waals surface area contributed by atoms with Gasteiger partial charge in [-0.25, -0.2) is 18.4 Å². The lowest BCUT2D eigenvalue weighted by molar-refractivity contribution is 0.452. The summed E-state index contributed by atoms with van der Waals surface area (Å²) in [4.78, 5) is 12.8. The van der Waals surface area contributed by atoms with E-state index in [1.807, 2.05) is 12.1 Å². The molecule has 1 saturated carbocycles. The van der Waals surface area contributed by atoms with E-state index >= 15 is 0 Å². The highest BCUT2D eigenvalue weighted by atomic mass is 32.2. The van der Waals surface area contributed by atoms with Crippen molar-refractivity contribution in [2.45, 2.75) is 37.0 Å². The molecular formula is C14H18N4O2S. The first-order chi connectivity index (χ1) is 10.0. The number of aromatic nitrogens is 3. The van der Waals surface area contributed by atoms with Crippen LogP contribution in [0.4, 0.5) is 5.82 Å². The Bertz CT molecular complexity index is 747. The molecule has 0 aromatic carbocycles. The molecule has 2 unspecified atom stereocenters. The third-order valence-electron chi connectivity index (χ3n) is 3.92. The summed E-state index contributed by atoms with van der Waals surface area (Å²) in [6.07, 6.45) is 7.85. The van der Waals surface area contributed by atoms with Gasteiger partial charge in [-0.15, -0.1) is 0 Å². The molecule has 1 aliphatic rings. The molecule has 2 aromatic rings. The zero-order valence-corrected chi connectivity index (χ0v) is 12.7. The third-order valence-corrected chi connectivity index (χ3v) is 5.55. The summed E-state index contributed by atoms with van der Waals surface area (Å²) in [5.41, 5.74) is 1.35. The van der Waals surface area contributed by atoms with Crippen molar-refractivity contribution >= 4 is 26.8 Å². The van der Waals surface area contributed by atoms with E-state index in [1.165, 1.54) is 6.26 Å². The second kappa shape index (κ2) is 5.55. The summed E-state index contributed by atoms with van der Waals surface area (Å²) in [6, 6.07) is 3.87. The highest BCUT2D eigenvalue weighted by Crippen LogP contribution is 2.26. The lowest BCUT2D eigenvalue weighted by atomic mass is 9.95. The zero-order chi connectivity index (χ0) is 14.9. The summed E-state index contributed by atoms with van der Waals surface area (Å²) in [6.45, 7) is 0. The van der Waals surface area contributed by atoms with Crippen LogP contribution in [0.2, 0.25) is 0 Å². The number of nitrogens with one attached hydrogen (secondary N) is 1. The molecule has 2 heterocycles. The van der Waals surface area contributed by atoms with Crippen molar-refractivity contribution in [1.29, 1.82) is 0 Å². The first-order valence-corrected chi connectivity index (χ1v) is 9.01. The Morgan fingerprint density at radius 2 is 2.00 bits per heavy atom. The molecule has 7 heteroatoms. The fraction of sp³-hybridized carbons (Fsp3) is 0.500. The van der Waals surface area contributed by atoms with E-state index in [1.54, 1.807) is 12.4 Å². The minimum Gasteiger partial charge on any atom is -0.367 e. The number of rotatable bonds is 3. The van der Waals surface area contributed by atoms with Gasteiger partial charge in [-0.3, -0.25) is 4.98 Å². The molecule has 2 aromatic heterocycles. The van der Waals surface area contributed by atoms with E-state index in [2.05, 4.69) is 20.3 Å². The van der Waals surface area contributed by atoms with Gasteiger partial charge in [0, 0.05) is 24.7 Å². The quantitative estimate of drug-likeness (QED) is 0.930. The van der Waals surface area contributed by atoms with E-state index < -0.39 is 9.84 Å². The third kappa shape index (κ3) is 3.29. The summed E-state index contributed by atoms with van der Waals surface area (Å²) in [5, 5.41) is 3.09. The Kier molecular flexibility index (Phi) is 3.75. The van der Waals surface area contributed by atoms with Crippen molar-refractivity contribution in [3.8, 4) is 0 Å². The van der Waals surface area contributed by atoms with E-state index in [9.17, 15) is 8.42 Å². The van der Waals surface area contributed by atoms with Crippen LogP contribution in [-0.4, -0.2) is 40.9 Å². The maximum atomic E-state index is 11.7. The van der Waals surface area contributed by atoms with Crippen LogP contribution in [0.1, 0.15) is 25.7 Å². The monoisotopic (exact) mass is 306 g/mol. The molecular weight excluding hydrogens is 288 g/mol. The van der Waals surface area contributed by atoms with Gasteiger partial charge in [0.25, 0.3) is 0 Å². The molecule has 0 bridgehead atoms. The first-order valence-electron chi connectivity index (χ1n) is 7.05. The van der Waals surface area contributed by atoms with E-state index in [0.29, 0.717) is 12.1 Å². The molecule has 0 radical (unpaired) electrons. The van der Waals surface area contributed by atoms with E-state index in [4.69, 9.17) is 0 Å². The minimum atomic E-state index is -2.97. The van der Waals surface area contributed by atoms with Crippen LogP contribution in [0.3, 0.4) is 0 Å². The lowest BCUT2D eigenvalue weighted by Gasteiger charge is -2.29. The van der Waals surface area contributed by atoms with Gasteiger partial charge in [0.2, 0.25) is 0 Å². The van der Waals surface area contributed by atoms with Gasteiger partial charge in [0.1, 0.15) is 21.2 Å². The summed E-state index contributed by atoms with van der Waals surface area (Å²) in [7, 11) is -2.97. The van der Waals surface area contributed by atoms with Crippen LogP contribution >= 0.6 is 0 Å². The molecule has 1 aliphatic carbocycles. The second-order valence-corrected chi connectivity index (χ2v) is 7.88. The highest BCUT2D eigenvalue weighted by molar-refractivity contribution is 7.91. The summed E-state index contributed by atoms with van der Waals surface area (Å²) in [5.74, 6) is 0.724. The van der Waals surface area contributed by atoms with Crippen LogP contribution in [-0.2, 0) is 9.84 Å². The molecule has 0 saturated heterocycles. The Balaban J connectivity index is 1.75. The van der Waals surface area contributed by atoms with Crippen LogP contribution in [0.5, 0.6) is 0 Å². The molecule has 112 valence electrons. The average Bonchev–Trinajstić information content (AvgIpc) is 2.46. The SMILES string of the molecule is CS(=O)(=O)C1CCCC(Nc2ccc3nccnc3n2)C1. The number of anilines is 1. The van der Waals surface area contributed by atoms with Crippen LogP contribution in [0.15, 0.2) is 24.5 Å². The predicted molar refractivity (Wildman–Crippen MR) is 81.8 cm³/mol. The number of fused-ring (bicyclic) bond motifs is 1. The number of sulfone groups is 1. The molecule has 2 atom stereocenters. The predicted octanol–water partition coefficient (Wildman–Crippen LogP) is 1.79. The Labute approximate surface area is 123 Å². The van der Waals surface area contributed by atoms with Crippen molar-refractivity contribution in [2.24, 2.45) is 0 Å². The largest absolute Gasteiger partial charge is 0.367 e. The fourth-order valence-corrected chi connectivity index (χ4v) is 3.99. The van der Waals surface area contributed by atoms with Gasteiger partial charge in [0.15, 0.2) is 5.65 Å². The highest BCUT2D eigenvalue weighted by Gasteiger charge is 2.28. The Hall–Kier alpha value is -1.76. The van der Waals surface area contributed by atoms with Gasteiger partial charge in [-0.1, -0.05) is 6.42 Å². The average molecular weight is 306 g/mol. The Morgan fingerprint density at radius 3 is 2.81 bits per heavy atom. The van der Waals surface area contributed by atoms with Crippen LogP contribution in [0.25, 0.3) is 11.2 Å². The van der Waals surface area contributed by atoms with Gasteiger partial charge < -0.3 is 5.32 Å². The number of hydrogen-bond acceptors (Lipinski definition) is 6. The second-order valence-electron chi connectivity index (χ2n) is 5.55. The van der Waals surface area contributed by atoms with Crippen LogP contribution < -0.4 is 5.32 Å². The van der Waals surface area contributed by atoms with Gasteiger partial charge >= 0.3 is 0 Å². The van der Waals surface area contributed by atoms with Crippen molar-refractivity contribution in [3.63, 3.8) is 0 Å². The van der Waals surface area contributed by atoms with Gasteiger partial charge in [-0.05, 0) is 31.4 Å². The maximum absolute atomic E-state index is 11.7. The van der Waals surface area contributed by atoms with Crippen molar-refractivity contribution in [2.75, 3.05) is 11.6 Å². The van der Waals surface area contributed by atoms with Gasteiger partial charge in [0.05, 0.1) is 5.25 Å².